The topological polar surface area (TPSA) is 108 Å². The Morgan fingerprint density at radius 3 is 2.00 bits per heavy atom. The molecule has 0 aromatic rings. The molecule has 1 rings (SSSR count). The van der Waals surface area contributed by atoms with Gasteiger partial charge < -0.3 is 15.7 Å². The van der Waals surface area contributed by atoms with Crippen LogP contribution in [0.2, 0.25) is 0 Å². The Bertz CT molecular complexity index is 261. The molecular weight excluding hydrogens is 212 g/mol. The maximum Gasteiger partial charge on any atom is 0.404 e. The van der Waals surface area contributed by atoms with Crippen molar-refractivity contribution in [1.29, 1.82) is 0 Å². The molecule has 3 amide bonds. The lowest BCUT2D eigenvalue weighted by Gasteiger charge is -2.29. The van der Waals surface area contributed by atoms with Gasteiger partial charge in [-0.1, -0.05) is 0 Å². The summed E-state index contributed by atoms with van der Waals surface area (Å²) in [5.41, 5.74) is 0. The van der Waals surface area contributed by atoms with Crippen LogP contribution in [0.15, 0.2) is 0 Å². The van der Waals surface area contributed by atoms with Crippen LogP contribution in [0.25, 0.3) is 0 Å². The Labute approximate surface area is 93.9 Å². The van der Waals surface area contributed by atoms with Gasteiger partial charge in [0, 0.05) is 19.1 Å². The fourth-order valence-electron chi connectivity index (χ4n) is 1.83. The molecule has 7 nitrogen and oxygen atoms in total. The van der Waals surface area contributed by atoms with E-state index in [1.165, 1.54) is 7.05 Å². The van der Waals surface area contributed by atoms with E-state index in [4.69, 9.17) is 10.9 Å². The SMILES string of the molecule is CN(N)C(=O)NC1CCC(NC(=O)O)CC1. The zero-order chi connectivity index (χ0) is 12.1. The molecule has 5 N–H and O–H groups in total. The van der Waals surface area contributed by atoms with E-state index in [1.54, 1.807) is 0 Å². The predicted molar refractivity (Wildman–Crippen MR) is 57.7 cm³/mol. The fraction of sp³-hybridized carbons (Fsp3) is 0.778. The van der Waals surface area contributed by atoms with Crippen LogP contribution in [0.5, 0.6) is 0 Å². The number of nitrogens with one attached hydrogen (secondary N) is 2. The second-order valence-electron chi connectivity index (χ2n) is 4.06. The van der Waals surface area contributed by atoms with Crippen LogP contribution >= 0.6 is 0 Å². The Balaban J connectivity index is 2.27. The van der Waals surface area contributed by atoms with Gasteiger partial charge in [-0.25, -0.2) is 15.4 Å². The highest BCUT2D eigenvalue weighted by Gasteiger charge is 2.23. The minimum atomic E-state index is -0.992. The van der Waals surface area contributed by atoms with Crippen molar-refractivity contribution in [3.05, 3.63) is 0 Å². The quantitative estimate of drug-likeness (QED) is 0.306. The minimum absolute atomic E-state index is 0.00116. The highest BCUT2D eigenvalue weighted by molar-refractivity contribution is 5.73. The number of hydrazine groups is 1. The van der Waals surface area contributed by atoms with Crippen molar-refractivity contribution in [3.8, 4) is 0 Å². The third-order valence-electron chi connectivity index (χ3n) is 2.70. The molecule has 1 saturated carbocycles. The molecule has 0 unspecified atom stereocenters. The average Bonchev–Trinajstić information content (AvgIpc) is 2.20. The van der Waals surface area contributed by atoms with Gasteiger partial charge in [-0.05, 0) is 25.7 Å². The standard InChI is InChI=1S/C9H18N4O3/c1-13(10)8(14)11-6-2-4-7(5-3-6)12-9(15)16/h6-7,12H,2-5,10H2,1H3,(H,11,14)(H,15,16). The maximum absolute atomic E-state index is 11.3. The first kappa shape index (κ1) is 12.6. The van der Waals surface area contributed by atoms with Crippen LogP contribution in [0.3, 0.4) is 0 Å². The smallest absolute Gasteiger partial charge is 0.404 e. The van der Waals surface area contributed by atoms with E-state index in [-0.39, 0.29) is 18.1 Å². The molecule has 0 saturated heterocycles. The summed E-state index contributed by atoms with van der Waals surface area (Å²) in [5, 5.41) is 14.8. The highest BCUT2D eigenvalue weighted by atomic mass is 16.4. The van der Waals surface area contributed by atoms with Crippen LogP contribution in [-0.4, -0.2) is 41.4 Å². The third-order valence-corrected chi connectivity index (χ3v) is 2.70. The summed E-state index contributed by atoms with van der Waals surface area (Å²) in [4.78, 5) is 21.7. The first-order valence-corrected chi connectivity index (χ1v) is 5.27. The number of nitrogens with zero attached hydrogens (tertiary/aromatic N) is 1. The summed E-state index contributed by atoms with van der Waals surface area (Å²) >= 11 is 0. The van der Waals surface area contributed by atoms with Gasteiger partial charge in [-0.15, -0.1) is 0 Å². The maximum atomic E-state index is 11.3. The molecule has 92 valence electrons. The first-order chi connectivity index (χ1) is 7.49. The monoisotopic (exact) mass is 230 g/mol. The molecule has 0 aliphatic heterocycles. The molecule has 0 aromatic carbocycles. The van der Waals surface area contributed by atoms with Crippen LogP contribution < -0.4 is 16.5 Å². The molecule has 0 radical (unpaired) electrons. The van der Waals surface area contributed by atoms with Gasteiger partial charge in [-0.3, -0.25) is 5.01 Å². The van der Waals surface area contributed by atoms with Gasteiger partial charge in [0.15, 0.2) is 0 Å². The van der Waals surface area contributed by atoms with Crippen LogP contribution in [0, 0.1) is 0 Å². The average molecular weight is 230 g/mol. The molecule has 1 fully saturated rings. The number of carbonyl (C=O) groups excluding carboxylic acids is 1. The summed E-state index contributed by atoms with van der Waals surface area (Å²) in [7, 11) is 1.48. The fourth-order valence-corrected chi connectivity index (χ4v) is 1.83. The largest absolute Gasteiger partial charge is 0.465 e. The van der Waals surface area contributed by atoms with Crippen molar-refractivity contribution >= 4 is 12.1 Å². The second-order valence-corrected chi connectivity index (χ2v) is 4.06. The van der Waals surface area contributed by atoms with E-state index in [2.05, 4.69) is 10.6 Å². The van der Waals surface area contributed by atoms with Crippen molar-refractivity contribution in [2.24, 2.45) is 5.84 Å². The first-order valence-electron chi connectivity index (χ1n) is 5.27. The number of carboxylic acid groups (broad SMARTS) is 1. The molecule has 0 bridgehead atoms. The molecule has 0 atom stereocenters. The van der Waals surface area contributed by atoms with Gasteiger partial charge in [0.05, 0.1) is 0 Å². The van der Waals surface area contributed by atoms with E-state index >= 15 is 0 Å². The molecule has 7 heteroatoms. The Kier molecular flexibility index (Phi) is 4.36. The van der Waals surface area contributed by atoms with Crippen molar-refractivity contribution < 1.29 is 14.7 Å². The van der Waals surface area contributed by atoms with E-state index in [0.717, 1.165) is 30.7 Å². The zero-order valence-electron chi connectivity index (χ0n) is 9.27. The van der Waals surface area contributed by atoms with E-state index in [1.807, 2.05) is 0 Å². The molecule has 0 aromatic heterocycles. The number of urea groups is 1. The molecule has 16 heavy (non-hydrogen) atoms. The Hall–Kier alpha value is -1.50. The zero-order valence-corrected chi connectivity index (χ0v) is 9.27. The summed E-state index contributed by atoms with van der Waals surface area (Å²) in [6, 6.07) is -0.221. The van der Waals surface area contributed by atoms with Gasteiger partial charge in [0.2, 0.25) is 0 Å². The molecular formula is C9H18N4O3. The van der Waals surface area contributed by atoms with Gasteiger partial charge in [0.1, 0.15) is 0 Å². The molecule has 1 aliphatic carbocycles. The van der Waals surface area contributed by atoms with Crippen molar-refractivity contribution in [2.45, 2.75) is 37.8 Å². The van der Waals surface area contributed by atoms with Crippen LogP contribution in [0.1, 0.15) is 25.7 Å². The Morgan fingerprint density at radius 2 is 1.62 bits per heavy atom. The number of rotatable bonds is 2. The lowest BCUT2D eigenvalue weighted by molar-refractivity contribution is 0.180. The van der Waals surface area contributed by atoms with Gasteiger partial charge >= 0.3 is 12.1 Å². The highest BCUT2D eigenvalue weighted by Crippen LogP contribution is 2.18. The van der Waals surface area contributed by atoms with Crippen molar-refractivity contribution in [3.63, 3.8) is 0 Å². The summed E-state index contributed by atoms with van der Waals surface area (Å²) in [6.45, 7) is 0. The lowest BCUT2D eigenvalue weighted by atomic mass is 9.91. The normalized spacial score (nSPS) is 24.6. The second kappa shape index (κ2) is 5.55. The van der Waals surface area contributed by atoms with E-state index < -0.39 is 6.09 Å². The van der Waals surface area contributed by atoms with Crippen molar-refractivity contribution in [2.75, 3.05) is 7.05 Å². The Morgan fingerprint density at radius 1 is 1.19 bits per heavy atom. The van der Waals surface area contributed by atoms with Crippen molar-refractivity contribution in [1.82, 2.24) is 15.6 Å². The molecule has 0 spiro atoms. The van der Waals surface area contributed by atoms with Gasteiger partial charge in [0.25, 0.3) is 0 Å². The summed E-state index contributed by atoms with van der Waals surface area (Å²) in [5.74, 6) is 5.28. The lowest BCUT2D eigenvalue weighted by Crippen LogP contribution is -2.48. The predicted octanol–water partition coefficient (Wildman–Crippen LogP) is 0.0803. The third kappa shape index (κ3) is 3.93. The minimum Gasteiger partial charge on any atom is -0.465 e. The number of carbonyl (C=O) groups is 2. The van der Waals surface area contributed by atoms with E-state index in [0.29, 0.717) is 0 Å². The molecule has 1 aliphatic rings. The summed E-state index contributed by atoms with van der Waals surface area (Å²) < 4.78 is 0. The van der Waals surface area contributed by atoms with Crippen LogP contribution in [-0.2, 0) is 0 Å². The van der Waals surface area contributed by atoms with E-state index in [9.17, 15) is 9.59 Å². The number of nitrogens with two attached hydrogens (primary N) is 1. The van der Waals surface area contributed by atoms with Crippen LogP contribution in [0.4, 0.5) is 9.59 Å². The molecule has 0 heterocycles. The van der Waals surface area contributed by atoms with Gasteiger partial charge in [-0.2, -0.15) is 0 Å². The summed E-state index contributed by atoms with van der Waals surface area (Å²) in [6.07, 6.45) is 2.03. The number of hydrogen-bond donors (Lipinski definition) is 4. The number of hydrogen-bond acceptors (Lipinski definition) is 3. The number of amides is 3.